The highest BCUT2D eigenvalue weighted by atomic mass is 79.9. The van der Waals surface area contributed by atoms with Gasteiger partial charge in [0.25, 0.3) is 0 Å². The third kappa shape index (κ3) is 2.35. The lowest BCUT2D eigenvalue weighted by atomic mass is 10.2. The molecule has 0 heterocycles. The first-order chi connectivity index (χ1) is 5.95. The lowest BCUT2D eigenvalue weighted by Gasteiger charge is -2.09. The van der Waals surface area contributed by atoms with E-state index in [0.29, 0.717) is 5.69 Å². The van der Waals surface area contributed by atoms with Crippen molar-refractivity contribution in [3.63, 3.8) is 0 Å². The van der Waals surface area contributed by atoms with Crippen LogP contribution in [0.15, 0.2) is 22.7 Å². The van der Waals surface area contributed by atoms with Crippen LogP contribution in [0.25, 0.3) is 0 Å². The van der Waals surface area contributed by atoms with Crippen molar-refractivity contribution in [1.29, 1.82) is 0 Å². The van der Waals surface area contributed by atoms with E-state index < -0.39 is 11.7 Å². The van der Waals surface area contributed by atoms with Crippen LogP contribution in [0.4, 0.5) is 18.9 Å². The summed E-state index contributed by atoms with van der Waals surface area (Å²) in [6, 6.07) is 3.18. The summed E-state index contributed by atoms with van der Waals surface area (Å²) in [5, 5.41) is 0. The number of nitrogen functional groups attached to an aromatic ring is 1. The number of halogens is 4. The van der Waals surface area contributed by atoms with Gasteiger partial charge < -0.3 is 5.43 Å². The second-order valence-corrected chi connectivity index (χ2v) is 3.19. The maximum absolute atomic E-state index is 12.1. The standard InChI is InChI=1S/C7H6BrF3N2/c8-5-3-4(7(9,10)11)1-2-6(5)13-12/h1-3,13H,12H2. The lowest BCUT2D eigenvalue weighted by Crippen LogP contribution is -2.09. The van der Waals surface area contributed by atoms with Crippen LogP contribution < -0.4 is 11.3 Å². The molecule has 0 atom stereocenters. The molecule has 0 radical (unpaired) electrons. The van der Waals surface area contributed by atoms with E-state index in [-0.39, 0.29) is 4.47 Å². The quantitative estimate of drug-likeness (QED) is 0.598. The molecule has 0 unspecified atom stereocenters. The monoisotopic (exact) mass is 254 g/mol. The van der Waals surface area contributed by atoms with E-state index in [0.717, 1.165) is 12.1 Å². The Morgan fingerprint density at radius 3 is 2.31 bits per heavy atom. The molecular formula is C7H6BrF3N2. The summed E-state index contributed by atoms with van der Waals surface area (Å²) < 4.78 is 36.7. The van der Waals surface area contributed by atoms with E-state index in [1.165, 1.54) is 6.07 Å². The van der Waals surface area contributed by atoms with Crippen molar-refractivity contribution in [3.8, 4) is 0 Å². The van der Waals surface area contributed by atoms with Crippen molar-refractivity contribution in [3.05, 3.63) is 28.2 Å². The van der Waals surface area contributed by atoms with Gasteiger partial charge >= 0.3 is 6.18 Å². The molecule has 1 aromatic carbocycles. The second kappa shape index (κ2) is 3.55. The molecule has 0 saturated heterocycles. The number of alkyl halides is 3. The Morgan fingerprint density at radius 2 is 1.92 bits per heavy atom. The first-order valence-electron chi connectivity index (χ1n) is 3.28. The van der Waals surface area contributed by atoms with E-state index >= 15 is 0 Å². The molecule has 0 bridgehead atoms. The van der Waals surface area contributed by atoms with Gasteiger partial charge in [0, 0.05) is 4.47 Å². The Bertz CT molecular complexity index is 311. The van der Waals surface area contributed by atoms with Crippen molar-refractivity contribution in [1.82, 2.24) is 0 Å². The van der Waals surface area contributed by atoms with Crippen molar-refractivity contribution in [2.75, 3.05) is 5.43 Å². The van der Waals surface area contributed by atoms with Crippen LogP contribution in [-0.2, 0) is 6.18 Å². The van der Waals surface area contributed by atoms with Crippen LogP contribution in [0.1, 0.15) is 5.56 Å². The zero-order valence-electron chi connectivity index (χ0n) is 6.32. The Kier molecular flexibility index (Phi) is 2.82. The third-order valence-electron chi connectivity index (χ3n) is 1.45. The van der Waals surface area contributed by atoms with Gasteiger partial charge in [0.15, 0.2) is 0 Å². The van der Waals surface area contributed by atoms with Gasteiger partial charge in [-0.2, -0.15) is 13.2 Å². The van der Waals surface area contributed by atoms with Gasteiger partial charge in [0.05, 0.1) is 11.3 Å². The zero-order valence-corrected chi connectivity index (χ0v) is 7.91. The highest BCUT2D eigenvalue weighted by molar-refractivity contribution is 9.10. The van der Waals surface area contributed by atoms with Gasteiger partial charge in [-0.15, -0.1) is 0 Å². The molecule has 2 nitrogen and oxygen atoms in total. The highest BCUT2D eigenvalue weighted by Gasteiger charge is 2.30. The van der Waals surface area contributed by atoms with Gasteiger partial charge in [-0.05, 0) is 34.1 Å². The minimum absolute atomic E-state index is 0.282. The van der Waals surface area contributed by atoms with Crippen molar-refractivity contribution in [2.24, 2.45) is 5.84 Å². The first kappa shape index (κ1) is 10.3. The molecule has 0 aliphatic heterocycles. The topological polar surface area (TPSA) is 38.0 Å². The van der Waals surface area contributed by atoms with Crippen LogP contribution in [0.5, 0.6) is 0 Å². The SMILES string of the molecule is NNc1ccc(C(F)(F)F)cc1Br. The molecule has 0 amide bonds. The molecule has 1 rings (SSSR count). The minimum atomic E-state index is -4.32. The summed E-state index contributed by atoms with van der Waals surface area (Å²) in [6.07, 6.45) is -4.32. The van der Waals surface area contributed by atoms with E-state index in [1.807, 2.05) is 0 Å². The van der Waals surface area contributed by atoms with E-state index in [2.05, 4.69) is 21.4 Å². The Hall–Kier alpha value is -0.750. The maximum Gasteiger partial charge on any atom is 0.416 e. The molecule has 0 saturated carbocycles. The fraction of sp³-hybridized carbons (Fsp3) is 0.143. The average Bonchev–Trinajstić information content (AvgIpc) is 2.02. The molecule has 3 N–H and O–H groups in total. The number of rotatable bonds is 1. The zero-order chi connectivity index (χ0) is 10.1. The van der Waals surface area contributed by atoms with E-state index in [4.69, 9.17) is 5.84 Å². The molecule has 0 aliphatic carbocycles. The Labute approximate surface area is 81.0 Å². The number of hydrogen-bond donors (Lipinski definition) is 2. The molecule has 0 aliphatic rings. The minimum Gasteiger partial charge on any atom is -0.323 e. The molecule has 6 heteroatoms. The van der Waals surface area contributed by atoms with Crippen molar-refractivity contribution in [2.45, 2.75) is 6.18 Å². The summed E-state index contributed by atoms with van der Waals surface area (Å²) in [7, 11) is 0. The fourth-order valence-corrected chi connectivity index (χ4v) is 1.30. The summed E-state index contributed by atoms with van der Waals surface area (Å²) in [4.78, 5) is 0. The van der Waals surface area contributed by atoms with E-state index in [1.54, 1.807) is 0 Å². The molecule has 13 heavy (non-hydrogen) atoms. The summed E-state index contributed by atoms with van der Waals surface area (Å²) in [5.74, 6) is 5.05. The number of hydrazine groups is 1. The Balaban J connectivity index is 3.10. The first-order valence-corrected chi connectivity index (χ1v) is 4.08. The number of nitrogens with two attached hydrogens (primary N) is 1. The smallest absolute Gasteiger partial charge is 0.323 e. The van der Waals surface area contributed by atoms with Crippen LogP contribution in [0, 0.1) is 0 Å². The summed E-state index contributed by atoms with van der Waals surface area (Å²) >= 11 is 2.96. The third-order valence-corrected chi connectivity index (χ3v) is 2.11. The number of hydrogen-bond acceptors (Lipinski definition) is 2. The lowest BCUT2D eigenvalue weighted by molar-refractivity contribution is -0.137. The number of benzene rings is 1. The van der Waals surface area contributed by atoms with Gasteiger partial charge in [-0.25, -0.2) is 0 Å². The molecule has 0 spiro atoms. The normalized spacial score (nSPS) is 11.5. The maximum atomic E-state index is 12.1. The molecular weight excluding hydrogens is 249 g/mol. The summed E-state index contributed by atoms with van der Waals surface area (Å²) in [5.41, 5.74) is 1.96. The molecule has 1 aromatic rings. The fourth-order valence-electron chi connectivity index (χ4n) is 0.808. The largest absolute Gasteiger partial charge is 0.416 e. The van der Waals surface area contributed by atoms with E-state index in [9.17, 15) is 13.2 Å². The summed E-state index contributed by atoms with van der Waals surface area (Å²) in [6.45, 7) is 0. The van der Waals surface area contributed by atoms with Gasteiger partial charge in [-0.3, -0.25) is 5.84 Å². The predicted octanol–water partition coefficient (Wildman–Crippen LogP) is 2.75. The van der Waals surface area contributed by atoms with Crippen LogP contribution >= 0.6 is 15.9 Å². The second-order valence-electron chi connectivity index (χ2n) is 2.34. The molecule has 0 aromatic heterocycles. The van der Waals surface area contributed by atoms with Gasteiger partial charge in [-0.1, -0.05) is 0 Å². The number of nitrogens with one attached hydrogen (secondary N) is 1. The Morgan fingerprint density at radius 1 is 1.31 bits per heavy atom. The van der Waals surface area contributed by atoms with Crippen LogP contribution in [0.2, 0.25) is 0 Å². The molecule has 72 valence electrons. The van der Waals surface area contributed by atoms with Crippen LogP contribution in [-0.4, -0.2) is 0 Å². The highest BCUT2D eigenvalue weighted by Crippen LogP contribution is 2.33. The van der Waals surface area contributed by atoms with Gasteiger partial charge in [0.2, 0.25) is 0 Å². The number of anilines is 1. The predicted molar refractivity (Wildman–Crippen MR) is 47.0 cm³/mol. The van der Waals surface area contributed by atoms with Gasteiger partial charge in [0.1, 0.15) is 0 Å². The average molecular weight is 255 g/mol. The van der Waals surface area contributed by atoms with Crippen LogP contribution in [0.3, 0.4) is 0 Å². The van der Waals surface area contributed by atoms with Crippen molar-refractivity contribution < 1.29 is 13.2 Å². The van der Waals surface area contributed by atoms with Crippen molar-refractivity contribution >= 4 is 21.6 Å². The molecule has 0 fully saturated rings.